The molecule has 0 aliphatic carbocycles. The lowest BCUT2D eigenvalue weighted by atomic mass is 9.91. The highest BCUT2D eigenvalue weighted by Crippen LogP contribution is 2.21. The van der Waals surface area contributed by atoms with Crippen molar-refractivity contribution in [2.24, 2.45) is 17.8 Å². The van der Waals surface area contributed by atoms with Crippen LogP contribution in [0, 0.1) is 17.8 Å². The van der Waals surface area contributed by atoms with Gasteiger partial charge in [-0.05, 0) is 24.2 Å². The zero-order chi connectivity index (χ0) is 9.14. The summed E-state index contributed by atoms with van der Waals surface area (Å²) in [6, 6.07) is 0. The van der Waals surface area contributed by atoms with E-state index >= 15 is 0 Å². The molecule has 0 amide bonds. The highest BCUT2D eigenvalue weighted by molar-refractivity contribution is 4.74. The van der Waals surface area contributed by atoms with E-state index in [0.29, 0.717) is 0 Å². The van der Waals surface area contributed by atoms with E-state index in [0.717, 1.165) is 17.8 Å². The van der Waals surface area contributed by atoms with Crippen LogP contribution >= 0.6 is 0 Å². The fourth-order valence-corrected chi connectivity index (χ4v) is 2.46. The number of hydrogen-bond donors (Lipinski definition) is 0. The summed E-state index contributed by atoms with van der Waals surface area (Å²) >= 11 is 0. The Bertz CT molecular complexity index is 118. The van der Waals surface area contributed by atoms with Crippen molar-refractivity contribution in [1.82, 2.24) is 4.90 Å². The Labute approximate surface area is 77.1 Å². The van der Waals surface area contributed by atoms with E-state index in [-0.39, 0.29) is 0 Å². The molecule has 0 unspecified atom stereocenters. The maximum Gasteiger partial charge on any atom is 0.000735 e. The third-order valence-electron chi connectivity index (χ3n) is 2.57. The van der Waals surface area contributed by atoms with Gasteiger partial charge in [-0.15, -0.1) is 0 Å². The molecule has 0 radical (unpaired) electrons. The molecular formula is C11H23N. The highest BCUT2D eigenvalue weighted by atomic mass is 15.1. The minimum atomic E-state index is 0.822. The minimum absolute atomic E-state index is 0.822. The van der Waals surface area contributed by atoms with Gasteiger partial charge >= 0.3 is 0 Å². The van der Waals surface area contributed by atoms with Crippen LogP contribution in [0.3, 0.4) is 0 Å². The van der Waals surface area contributed by atoms with Gasteiger partial charge in [0.05, 0.1) is 0 Å². The molecule has 1 heteroatoms. The maximum atomic E-state index is 2.63. The second kappa shape index (κ2) is 4.27. The minimum Gasteiger partial charge on any atom is -0.303 e. The first kappa shape index (κ1) is 10.0. The van der Waals surface area contributed by atoms with Gasteiger partial charge in [0.25, 0.3) is 0 Å². The molecule has 2 atom stereocenters. The van der Waals surface area contributed by atoms with Crippen LogP contribution in [0.25, 0.3) is 0 Å². The molecule has 1 aliphatic rings. The Morgan fingerprint density at radius 3 is 2.08 bits per heavy atom. The van der Waals surface area contributed by atoms with Gasteiger partial charge in [0.1, 0.15) is 0 Å². The zero-order valence-corrected chi connectivity index (χ0v) is 9.01. The molecule has 0 spiro atoms. The van der Waals surface area contributed by atoms with Crippen LogP contribution in [0.15, 0.2) is 0 Å². The Kier molecular flexibility index (Phi) is 3.57. The lowest BCUT2D eigenvalue weighted by molar-refractivity contribution is 0.128. The van der Waals surface area contributed by atoms with E-state index in [1.807, 2.05) is 0 Å². The first-order valence-electron chi connectivity index (χ1n) is 5.30. The molecule has 0 aromatic heterocycles. The van der Waals surface area contributed by atoms with Crippen LogP contribution in [0.1, 0.15) is 34.1 Å². The van der Waals surface area contributed by atoms with Crippen molar-refractivity contribution < 1.29 is 0 Å². The standard InChI is InChI=1S/C11H23N/c1-9(2)6-12-7-10(3)5-11(4)8-12/h9-11H,5-8H2,1-4H3/t10-,11-/m0/s1. The number of piperidine rings is 1. The van der Waals surface area contributed by atoms with Gasteiger partial charge in [0, 0.05) is 19.6 Å². The van der Waals surface area contributed by atoms with Gasteiger partial charge in [-0.1, -0.05) is 27.7 Å². The monoisotopic (exact) mass is 169 g/mol. The Morgan fingerprint density at radius 2 is 1.67 bits per heavy atom. The fourth-order valence-electron chi connectivity index (χ4n) is 2.46. The molecule has 0 aromatic carbocycles. The van der Waals surface area contributed by atoms with E-state index in [1.54, 1.807) is 0 Å². The van der Waals surface area contributed by atoms with Crippen LogP contribution in [0.4, 0.5) is 0 Å². The average Bonchev–Trinajstić information content (AvgIpc) is 1.81. The van der Waals surface area contributed by atoms with Crippen molar-refractivity contribution in [2.75, 3.05) is 19.6 Å². The SMILES string of the molecule is CC(C)CN1C[C@@H](C)C[C@H](C)C1. The third kappa shape index (κ3) is 3.14. The topological polar surface area (TPSA) is 3.24 Å². The summed E-state index contributed by atoms with van der Waals surface area (Å²) in [6.45, 7) is 13.3. The molecule has 0 bridgehead atoms. The van der Waals surface area contributed by atoms with Gasteiger partial charge in [0.15, 0.2) is 0 Å². The van der Waals surface area contributed by atoms with Crippen LogP contribution in [-0.4, -0.2) is 24.5 Å². The number of hydrogen-bond acceptors (Lipinski definition) is 1. The smallest absolute Gasteiger partial charge is 0.000735 e. The van der Waals surface area contributed by atoms with Gasteiger partial charge in [-0.25, -0.2) is 0 Å². The lowest BCUT2D eigenvalue weighted by Crippen LogP contribution is -2.40. The number of nitrogens with zero attached hydrogens (tertiary/aromatic N) is 1. The Morgan fingerprint density at radius 1 is 1.17 bits per heavy atom. The number of rotatable bonds is 2. The van der Waals surface area contributed by atoms with Crippen LogP contribution < -0.4 is 0 Å². The molecule has 0 saturated carbocycles. The van der Waals surface area contributed by atoms with Crippen molar-refractivity contribution in [3.8, 4) is 0 Å². The fraction of sp³-hybridized carbons (Fsp3) is 1.00. The third-order valence-corrected chi connectivity index (χ3v) is 2.57. The van der Waals surface area contributed by atoms with Crippen LogP contribution in [0.2, 0.25) is 0 Å². The highest BCUT2D eigenvalue weighted by Gasteiger charge is 2.21. The van der Waals surface area contributed by atoms with Crippen LogP contribution in [0.5, 0.6) is 0 Å². The van der Waals surface area contributed by atoms with E-state index < -0.39 is 0 Å². The van der Waals surface area contributed by atoms with Gasteiger partial charge in [-0.2, -0.15) is 0 Å². The van der Waals surface area contributed by atoms with E-state index in [1.165, 1.54) is 26.1 Å². The van der Waals surface area contributed by atoms with Crippen molar-refractivity contribution in [2.45, 2.75) is 34.1 Å². The van der Waals surface area contributed by atoms with Crippen molar-refractivity contribution >= 4 is 0 Å². The predicted octanol–water partition coefficient (Wildman–Crippen LogP) is 2.62. The van der Waals surface area contributed by atoms with E-state index in [2.05, 4.69) is 32.6 Å². The molecule has 1 heterocycles. The summed E-state index contributed by atoms with van der Waals surface area (Å²) in [4.78, 5) is 2.63. The Hall–Kier alpha value is -0.0400. The normalized spacial score (nSPS) is 32.8. The molecule has 12 heavy (non-hydrogen) atoms. The van der Waals surface area contributed by atoms with Gasteiger partial charge < -0.3 is 4.90 Å². The number of likely N-dealkylation sites (tertiary alicyclic amines) is 1. The molecule has 72 valence electrons. The Balaban J connectivity index is 2.34. The quantitative estimate of drug-likeness (QED) is 0.614. The molecule has 0 N–H and O–H groups in total. The first-order valence-corrected chi connectivity index (χ1v) is 5.30. The molecule has 1 aliphatic heterocycles. The summed E-state index contributed by atoms with van der Waals surface area (Å²) in [6.07, 6.45) is 1.43. The summed E-state index contributed by atoms with van der Waals surface area (Å²) in [5.41, 5.74) is 0. The summed E-state index contributed by atoms with van der Waals surface area (Å²) in [7, 11) is 0. The van der Waals surface area contributed by atoms with Crippen molar-refractivity contribution in [3.63, 3.8) is 0 Å². The largest absolute Gasteiger partial charge is 0.303 e. The molecule has 1 nitrogen and oxygen atoms in total. The van der Waals surface area contributed by atoms with Crippen molar-refractivity contribution in [1.29, 1.82) is 0 Å². The molecular weight excluding hydrogens is 146 g/mol. The van der Waals surface area contributed by atoms with E-state index in [9.17, 15) is 0 Å². The molecule has 1 saturated heterocycles. The van der Waals surface area contributed by atoms with E-state index in [4.69, 9.17) is 0 Å². The van der Waals surface area contributed by atoms with Gasteiger partial charge in [-0.3, -0.25) is 0 Å². The van der Waals surface area contributed by atoms with Gasteiger partial charge in [0.2, 0.25) is 0 Å². The molecule has 0 aromatic rings. The molecule has 1 rings (SSSR count). The maximum absolute atomic E-state index is 2.63. The molecule has 1 fully saturated rings. The summed E-state index contributed by atoms with van der Waals surface area (Å²) in [5, 5.41) is 0. The zero-order valence-electron chi connectivity index (χ0n) is 9.01. The summed E-state index contributed by atoms with van der Waals surface area (Å²) < 4.78 is 0. The first-order chi connectivity index (χ1) is 5.58. The summed E-state index contributed by atoms with van der Waals surface area (Å²) in [5.74, 6) is 2.64. The van der Waals surface area contributed by atoms with Crippen LogP contribution in [-0.2, 0) is 0 Å². The van der Waals surface area contributed by atoms with Crippen molar-refractivity contribution in [3.05, 3.63) is 0 Å². The second-order valence-corrected chi connectivity index (χ2v) is 5.06. The predicted molar refractivity (Wildman–Crippen MR) is 54.2 cm³/mol. The lowest BCUT2D eigenvalue weighted by Gasteiger charge is -2.35. The average molecular weight is 169 g/mol. The second-order valence-electron chi connectivity index (χ2n) is 5.06.